The Morgan fingerprint density at radius 2 is 1.82 bits per heavy atom. The van der Waals surface area contributed by atoms with Crippen LogP contribution in [0.4, 0.5) is 5.69 Å². The SMILES string of the molecule is Cc1cccc(CC(=O)Nc2ccc3c(c2)C(=O)NC3=O)c1. The van der Waals surface area contributed by atoms with Crippen LogP contribution < -0.4 is 10.6 Å². The van der Waals surface area contributed by atoms with E-state index in [9.17, 15) is 14.4 Å². The third-order valence-corrected chi connectivity index (χ3v) is 3.47. The number of rotatable bonds is 3. The third kappa shape index (κ3) is 2.74. The standard InChI is InChI=1S/C17H14N2O3/c1-10-3-2-4-11(7-10)8-15(20)18-12-5-6-13-14(9-12)17(22)19-16(13)21/h2-7,9H,8H2,1H3,(H,18,20)(H,19,21,22). The minimum absolute atomic E-state index is 0.171. The lowest BCUT2D eigenvalue weighted by Crippen LogP contribution is -2.19. The Balaban J connectivity index is 1.74. The first-order valence-electron chi connectivity index (χ1n) is 6.88. The lowest BCUT2D eigenvalue weighted by Gasteiger charge is -2.07. The zero-order valence-electron chi connectivity index (χ0n) is 12.0. The Kier molecular flexibility index (Phi) is 3.47. The molecule has 22 heavy (non-hydrogen) atoms. The maximum Gasteiger partial charge on any atom is 0.259 e. The fourth-order valence-corrected chi connectivity index (χ4v) is 2.46. The van der Waals surface area contributed by atoms with Crippen LogP contribution in [0.25, 0.3) is 0 Å². The van der Waals surface area contributed by atoms with Gasteiger partial charge in [-0.15, -0.1) is 0 Å². The topological polar surface area (TPSA) is 75.3 Å². The van der Waals surface area contributed by atoms with Gasteiger partial charge in [0, 0.05) is 5.69 Å². The highest BCUT2D eigenvalue weighted by molar-refractivity contribution is 6.22. The Hall–Kier alpha value is -2.95. The number of imide groups is 1. The molecule has 2 aromatic rings. The molecule has 0 aromatic heterocycles. The Labute approximate surface area is 127 Å². The smallest absolute Gasteiger partial charge is 0.259 e. The Morgan fingerprint density at radius 3 is 2.59 bits per heavy atom. The van der Waals surface area contributed by atoms with Gasteiger partial charge in [-0.3, -0.25) is 19.7 Å². The molecule has 0 saturated heterocycles. The molecule has 0 bridgehead atoms. The molecule has 5 nitrogen and oxygen atoms in total. The number of carbonyl (C=O) groups excluding carboxylic acids is 3. The van der Waals surface area contributed by atoms with E-state index >= 15 is 0 Å². The van der Waals surface area contributed by atoms with Crippen molar-refractivity contribution in [1.82, 2.24) is 5.32 Å². The van der Waals surface area contributed by atoms with Crippen LogP contribution in [0.5, 0.6) is 0 Å². The van der Waals surface area contributed by atoms with Crippen molar-refractivity contribution in [1.29, 1.82) is 0 Å². The van der Waals surface area contributed by atoms with Crippen molar-refractivity contribution in [2.75, 3.05) is 5.32 Å². The number of hydrogen-bond acceptors (Lipinski definition) is 3. The molecule has 1 aliphatic rings. The Morgan fingerprint density at radius 1 is 1.05 bits per heavy atom. The van der Waals surface area contributed by atoms with Crippen LogP contribution in [0.1, 0.15) is 31.8 Å². The van der Waals surface area contributed by atoms with Gasteiger partial charge in [-0.25, -0.2) is 0 Å². The quantitative estimate of drug-likeness (QED) is 0.851. The summed E-state index contributed by atoms with van der Waals surface area (Å²) in [4.78, 5) is 35.1. The summed E-state index contributed by atoms with van der Waals surface area (Å²) in [6, 6.07) is 12.4. The molecular weight excluding hydrogens is 280 g/mol. The second kappa shape index (κ2) is 5.44. The molecule has 0 aliphatic carbocycles. The molecule has 1 aliphatic heterocycles. The van der Waals surface area contributed by atoms with Crippen LogP contribution in [-0.4, -0.2) is 17.7 Å². The lowest BCUT2D eigenvalue weighted by molar-refractivity contribution is -0.115. The van der Waals surface area contributed by atoms with Gasteiger partial charge in [0.25, 0.3) is 11.8 Å². The largest absolute Gasteiger partial charge is 0.326 e. The fraction of sp³-hybridized carbons (Fsp3) is 0.118. The molecule has 0 saturated carbocycles. The highest BCUT2D eigenvalue weighted by Gasteiger charge is 2.26. The van der Waals surface area contributed by atoms with Crippen LogP contribution in [0.15, 0.2) is 42.5 Å². The van der Waals surface area contributed by atoms with Gasteiger partial charge in [0.1, 0.15) is 0 Å². The number of benzene rings is 2. The molecule has 0 unspecified atom stereocenters. The van der Waals surface area contributed by atoms with Crippen LogP contribution in [0.3, 0.4) is 0 Å². The van der Waals surface area contributed by atoms with Crippen molar-refractivity contribution in [3.63, 3.8) is 0 Å². The van der Waals surface area contributed by atoms with Gasteiger partial charge >= 0.3 is 0 Å². The summed E-state index contributed by atoms with van der Waals surface area (Å²) < 4.78 is 0. The second-order valence-electron chi connectivity index (χ2n) is 5.26. The molecular formula is C17H14N2O3. The zero-order valence-corrected chi connectivity index (χ0v) is 12.0. The molecule has 0 radical (unpaired) electrons. The number of hydrogen-bond donors (Lipinski definition) is 2. The molecule has 2 N–H and O–H groups in total. The van der Waals surface area contributed by atoms with E-state index in [2.05, 4.69) is 10.6 Å². The van der Waals surface area contributed by atoms with Crippen molar-refractivity contribution in [3.8, 4) is 0 Å². The molecule has 3 amide bonds. The summed E-state index contributed by atoms with van der Waals surface area (Å²) in [6.45, 7) is 1.97. The Bertz CT molecular complexity index is 796. The zero-order chi connectivity index (χ0) is 15.7. The molecule has 3 rings (SSSR count). The average Bonchev–Trinajstić information content (AvgIpc) is 2.73. The first-order valence-corrected chi connectivity index (χ1v) is 6.88. The van der Waals surface area contributed by atoms with Gasteiger partial charge in [0.2, 0.25) is 5.91 Å². The van der Waals surface area contributed by atoms with E-state index < -0.39 is 11.8 Å². The van der Waals surface area contributed by atoms with Crippen molar-refractivity contribution in [2.45, 2.75) is 13.3 Å². The number of amides is 3. The maximum atomic E-state index is 12.1. The molecule has 0 fully saturated rings. The van der Waals surface area contributed by atoms with E-state index in [-0.39, 0.29) is 12.3 Å². The summed E-state index contributed by atoms with van der Waals surface area (Å²) in [5.41, 5.74) is 3.14. The molecule has 0 spiro atoms. The number of nitrogens with one attached hydrogen (secondary N) is 2. The molecule has 5 heteroatoms. The van der Waals surface area contributed by atoms with Gasteiger partial charge in [0.05, 0.1) is 17.5 Å². The van der Waals surface area contributed by atoms with E-state index in [4.69, 9.17) is 0 Å². The van der Waals surface area contributed by atoms with Crippen LogP contribution in [-0.2, 0) is 11.2 Å². The van der Waals surface area contributed by atoms with Gasteiger partial charge in [-0.05, 0) is 30.7 Å². The minimum Gasteiger partial charge on any atom is -0.326 e. The van der Waals surface area contributed by atoms with E-state index in [0.717, 1.165) is 11.1 Å². The van der Waals surface area contributed by atoms with Crippen LogP contribution in [0.2, 0.25) is 0 Å². The van der Waals surface area contributed by atoms with E-state index in [1.165, 1.54) is 12.1 Å². The van der Waals surface area contributed by atoms with Crippen molar-refractivity contribution < 1.29 is 14.4 Å². The van der Waals surface area contributed by atoms with E-state index in [1.807, 2.05) is 31.2 Å². The number of anilines is 1. The minimum atomic E-state index is -0.435. The van der Waals surface area contributed by atoms with Crippen molar-refractivity contribution in [3.05, 3.63) is 64.7 Å². The molecule has 0 atom stereocenters. The van der Waals surface area contributed by atoms with Crippen LogP contribution >= 0.6 is 0 Å². The van der Waals surface area contributed by atoms with Crippen molar-refractivity contribution >= 4 is 23.4 Å². The summed E-state index contributed by atoms with van der Waals surface area (Å²) in [6.07, 6.45) is 0.254. The highest BCUT2D eigenvalue weighted by atomic mass is 16.2. The van der Waals surface area contributed by atoms with Gasteiger partial charge < -0.3 is 5.32 Å². The number of carbonyl (C=O) groups is 3. The van der Waals surface area contributed by atoms with Gasteiger partial charge in [0.15, 0.2) is 0 Å². The lowest BCUT2D eigenvalue weighted by atomic mass is 10.1. The first-order chi connectivity index (χ1) is 10.5. The first kappa shape index (κ1) is 14.0. The number of aryl methyl sites for hydroxylation is 1. The van der Waals surface area contributed by atoms with E-state index in [1.54, 1.807) is 6.07 Å². The molecule has 2 aromatic carbocycles. The number of fused-ring (bicyclic) bond motifs is 1. The third-order valence-electron chi connectivity index (χ3n) is 3.47. The summed E-state index contributed by atoms with van der Waals surface area (Å²) in [5, 5.41) is 4.96. The predicted molar refractivity (Wildman–Crippen MR) is 81.8 cm³/mol. The average molecular weight is 294 g/mol. The van der Waals surface area contributed by atoms with Crippen molar-refractivity contribution in [2.24, 2.45) is 0 Å². The normalized spacial score (nSPS) is 12.8. The van der Waals surface area contributed by atoms with E-state index in [0.29, 0.717) is 16.8 Å². The summed E-state index contributed by atoms with van der Waals surface area (Å²) >= 11 is 0. The molecule has 110 valence electrons. The van der Waals surface area contributed by atoms with Gasteiger partial charge in [-0.2, -0.15) is 0 Å². The fourth-order valence-electron chi connectivity index (χ4n) is 2.46. The van der Waals surface area contributed by atoms with Crippen LogP contribution in [0, 0.1) is 6.92 Å². The highest BCUT2D eigenvalue weighted by Crippen LogP contribution is 2.20. The molecule has 1 heterocycles. The summed E-state index contributed by atoms with van der Waals surface area (Å²) in [7, 11) is 0. The maximum absolute atomic E-state index is 12.1. The summed E-state index contributed by atoms with van der Waals surface area (Å²) in [5.74, 6) is -1.01. The predicted octanol–water partition coefficient (Wildman–Crippen LogP) is 2.06. The van der Waals surface area contributed by atoms with Gasteiger partial charge in [-0.1, -0.05) is 29.8 Å². The monoisotopic (exact) mass is 294 g/mol. The second-order valence-corrected chi connectivity index (χ2v) is 5.26.